The largest absolute Gasteiger partial charge is 0.494 e. The number of hydrogen-bond acceptors (Lipinski definition) is 1. The summed E-state index contributed by atoms with van der Waals surface area (Å²) in [5.74, 6) is 2.04. The van der Waals surface area contributed by atoms with Gasteiger partial charge in [0.15, 0.2) is 0 Å². The molecule has 0 radical (unpaired) electrons. The number of hydrogen-bond donors (Lipinski definition) is 0. The molecule has 0 amide bonds. The Morgan fingerprint density at radius 1 is 1.29 bits per heavy atom. The summed E-state index contributed by atoms with van der Waals surface area (Å²) in [5, 5.41) is 0. The number of ether oxygens (including phenoxy) is 1. The second kappa shape index (κ2) is 6.48. The van der Waals surface area contributed by atoms with Crippen LogP contribution in [-0.4, -0.2) is 6.61 Å². The zero-order valence-corrected chi connectivity index (χ0v) is 11.5. The number of rotatable bonds is 6. The maximum atomic E-state index is 5.66. The van der Waals surface area contributed by atoms with E-state index in [9.17, 15) is 0 Å². The maximum absolute atomic E-state index is 5.66. The predicted octanol–water partition coefficient (Wildman–Crippen LogP) is 4.57. The van der Waals surface area contributed by atoms with E-state index in [4.69, 9.17) is 4.74 Å². The van der Waals surface area contributed by atoms with Crippen molar-refractivity contribution in [2.75, 3.05) is 6.61 Å². The van der Waals surface area contributed by atoms with Crippen molar-refractivity contribution in [2.24, 2.45) is 5.92 Å². The molecule has 0 fully saturated rings. The molecule has 0 aliphatic heterocycles. The van der Waals surface area contributed by atoms with Crippen LogP contribution in [0.2, 0.25) is 0 Å². The molecular formula is C16H24O. The van der Waals surface area contributed by atoms with Gasteiger partial charge >= 0.3 is 0 Å². The third-order valence-corrected chi connectivity index (χ3v) is 2.96. The van der Waals surface area contributed by atoms with E-state index >= 15 is 0 Å². The van der Waals surface area contributed by atoms with Gasteiger partial charge in [-0.2, -0.15) is 0 Å². The summed E-state index contributed by atoms with van der Waals surface area (Å²) in [5.41, 5.74) is 2.67. The Kier molecular flexibility index (Phi) is 5.27. The molecule has 1 rings (SSSR count). The second-order valence-corrected chi connectivity index (χ2v) is 4.88. The predicted molar refractivity (Wildman–Crippen MR) is 74.8 cm³/mol. The Labute approximate surface area is 106 Å². The molecule has 1 aromatic rings. The van der Waals surface area contributed by atoms with Crippen LogP contribution in [0, 0.1) is 5.92 Å². The standard InChI is InChI=1S/C16H24O/c1-6-13(5)10-14-8-9-16(17-7-2)15(11-14)12(3)4/h6,8-9,11-13H,1,7,10H2,2-5H3. The molecule has 1 unspecified atom stereocenters. The minimum Gasteiger partial charge on any atom is -0.494 e. The van der Waals surface area contributed by atoms with Crippen LogP contribution in [0.4, 0.5) is 0 Å². The van der Waals surface area contributed by atoms with Gasteiger partial charge in [-0.25, -0.2) is 0 Å². The van der Waals surface area contributed by atoms with Crippen molar-refractivity contribution in [3.05, 3.63) is 42.0 Å². The summed E-state index contributed by atoms with van der Waals surface area (Å²) in [6, 6.07) is 6.54. The van der Waals surface area contributed by atoms with Gasteiger partial charge in [0.25, 0.3) is 0 Å². The molecule has 1 atom stereocenters. The smallest absolute Gasteiger partial charge is 0.122 e. The van der Waals surface area contributed by atoms with Gasteiger partial charge in [0.1, 0.15) is 5.75 Å². The summed E-state index contributed by atoms with van der Waals surface area (Å²) in [4.78, 5) is 0. The fraction of sp³-hybridized carbons (Fsp3) is 0.500. The van der Waals surface area contributed by atoms with E-state index < -0.39 is 0 Å². The first-order valence-corrected chi connectivity index (χ1v) is 6.46. The highest BCUT2D eigenvalue weighted by molar-refractivity contribution is 5.39. The fourth-order valence-corrected chi connectivity index (χ4v) is 1.92. The molecule has 1 nitrogen and oxygen atoms in total. The first-order valence-electron chi connectivity index (χ1n) is 6.46. The van der Waals surface area contributed by atoms with Crippen LogP contribution in [0.1, 0.15) is 44.7 Å². The van der Waals surface area contributed by atoms with Crippen molar-refractivity contribution >= 4 is 0 Å². The second-order valence-electron chi connectivity index (χ2n) is 4.88. The van der Waals surface area contributed by atoms with Crippen LogP contribution >= 0.6 is 0 Å². The van der Waals surface area contributed by atoms with Gasteiger partial charge in [0.2, 0.25) is 0 Å². The monoisotopic (exact) mass is 232 g/mol. The Morgan fingerprint density at radius 2 is 2.00 bits per heavy atom. The number of benzene rings is 1. The van der Waals surface area contributed by atoms with Crippen LogP contribution in [0.5, 0.6) is 5.75 Å². The van der Waals surface area contributed by atoms with Gasteiger partial charge in [0.05, 0.1) is 6.61 Å². The van der Waals surface area contributed by atoms with Gasteiger partial charge in [0, 0.05) is 0 Å². The SMILES string of the molecule is C=CC(C)Cc1ccc(OCC)c(C(C)C)c1. The minimum absolute atomic E-state index is 0.496. The molecule has 0 heterocycles. The molecule has 0 aliphatic rings. The van der Waals surface area contributed by atoms with Crippen molar-refractivity contribution in [1.82, 2.24) is 0 Å². The quantitative estimate of drug-likeness (QED) is 0.653. The molecule has 17 heavy (non-hydrogen) atoms. The fourth-order valence-electron chi connectivity index (χ4n) is 1.92. The number of allylic oxidation sites excluding steroid dienone is 1. The van der Waals surface area contributed by atoms with Gasteiger partial charge in [-0.05, 0) is 42.4 Å². The van der Waals surface area contributed by atoms with Crippen molar-refractivity contribution < 1.29 is 4.74 Å². The van der Waals surface area contributed by atoms with Crippen molar-refractivity contribution in [1.29, 1.82) is 0 Å². The zero-order valence-electron chi connectivity index (χ0n) is 11.5. The molecule has 0 aromatic heterocycles. The van der Waals surface area contributed by atoms with Crippen LogP contribution in [0.3, 0.4) is 0 Å². The summed E-state index contributed by atoms with van der Waals surface area (Å²) in [6.45, 7) is 13.2. The molecule has 1 aromatic carbocycles. The van der Waals surface area contributed by atoms with Crippen molar-refractivity contribution in [3.63, 3.8) is 0 Å². The lowest BCUT2D eigenvalue weighted by atomic mass is 9.95. The van der Waals surface area contributed by atoms with Crippen LogP contribution in [-0.2, 0) is 6.42 Å². The molecule has 0 saturated carbocycles. The van der Waals surface area contributed by atoms with Gasteiger partial charge in [-0.15, -0.1) is 6.58 Å². The van der Waals surface area contributed by atoms with E-state index in [1.54, 1.807) is 0 Å². The Bertz CT molecular complexity index is 366. The Balaban J connectivity index is 2.96. The zero-order chi connectivity index (χ0) is 12.8. The molecule has 0 aliphatic carbocycles. The molecule has 0 saturated heterocycles. The summed E-state index contributed by atoms with van der Waals surface area (Å²) in [6.07, 6.45) is 3.06. The van der Waals surface area contributed by atoms with E-state index in [1.165, 1.54) is 11.1 Å². The first kappa shape index (κ1) is 13.8. The molecular weight excluding hydrogens is 208 g/mol. The van der Waals surface area contributed by atoms with Gasteiger partial charge in [-0.3, -0.25) is 0 Å². The lowest BCUT2D eigenvalue weighted by Gasteiger charge is -2.15. The van der Waals surface area contributed by atoms with Crippen LogP contribution < -0.4 is 4.74 Å². The average molecular weight is 232 g/mol. The molecule has 0 N–H and O–H groups in total. The molecule has 1 heteroatoms. The first-order chi connectivity index (χ1) is 8.08. The highest BCUT2D eigenvalue weighted by Gasteiger charge is 2.09. The normalized spacial score (nSPS) is 12.5. The summed E-state index contributed by atoms with van der Waals surface area (Å²) < 4.78 is 5.66. The highest BCUT2D eigenvalue weighted by Crippen LogP contribution is 2.28. The van der Waals surface area contributed by atoms with Gasteiger partial charge < -0.3 is 4.74 Å². The summed E-state index contributed by atoms with van der Waals surface area (Å²) in [7, 11) is 0. The maximum Gasteiger partial charge on any atom is 0.122 e. The van der Waals surface area contributed by atoms with Gasteiger partial charge in [-0.1, -0.05) is 39.0 Å². The highest BCUT2D eigenvalue weighted by atomic mass is 16.5. The Morgan fingerprint density at radius 3 is 2.53 bits per heavy atom. The third-order valence-electron chi connectivity index (χ3n) is 2.96. The molecule has 0 spiro atoms. The topological polar surface area (TPSA) is 9.23 Å². The average Bonchev–Trinajstić information content (AvgIpc) is 2.31. The van der Waals surface area contributed by atoms with Crippen LogP contribution in [0.15, 0.2) is 30.9 Å². The molecule has 94 valence electrons. The van der Waals surface area contributed by atoms with E-state index in [0.717, 1.165) is 18.8 Å². The van der Waals surface area contributed by atoms with Crippen LogP contribution in [0.25, 0.3) is 0 Å². The van der Waals surface area contributed by atoms with E-state index in [0.29, 0.717) is 11.8 Å². The van der Waals surface area contributed by atoms with E-state index in [2.05, 4.69) is 45.5 Å². The lowest BCUT2D eigenvalue weighted by Crippen LogP contribution is -2.01. The minimum atomic E-state index is 0.496. The Hall–Kier alpha value is -1.24. The van der Waals surface area contributed by atoms with E-state index in [1.807, 2.05) is 13.0 Å². The lowest BCUT2D eigenvalue weighted by molar-refractivity contribution is 0.335. The van der Waals surface area contributed by atoms with E-state index in [-0.39, 0.29) is 0 Å². The summed E-state index contributed by atoms with van der Waals surface area (Å²) >= 11 is 0. The third kappa shape index (κ3) is 3.92. The molecule has 0 bridgehead atoms. The van der Waals surface area contributed by atoms with Crippen molar-refractivity contribution in [2.45, 2.75) is 40.0 Å². The van der Waals surface area contributed by atoms with Crippen molar-refractivity contribution in [3.8, 4) is 5.75 Å².